The monoisotopic (exact) mass is 287 g/mol. The highest BCUT2D eigenvalue weighted by atomic mass is 16.5. The highest BCUT2D eigenvalue weighted by Crippen LogP contribution is 2.21. The molecule has 0 aliphatic rings. The average Bonchev–Trinajstić information content (AvgIpc) is 3.05. The van der Waals surface area contributed by atoms with Gasteiger partial charge in [0.1, 0.15) is 11.5 Å². The topological polar surface area (TPSA) is 42.7 Å². The molecule has 2 aromatic rings. The molecule has 112 valence electrons. The van der Waals surface area contributed by atoms with Gasteiger partial charge in [-0.15, -0.1) is 0 Å². The maximum atomic E-state index is 12.2. The van der Waals surface area contributed by atoms with E-state index < -0.39 is 0 Å². The fraction of sp³-hybridized carbons (Fsp3) is 0.353. The summed E-state index contributed by atoms with van der Waals surface area (Å²) in [4.78, 5) is 13.8. The van der Waals surface area contributed by atoms with Crippen molar-refractivity contribution in [3.05, 3.63) is 54.0 Å². The highest BCUT2D eigenvalue weighted by Gasteiger charge is 2.20. The molecule has 4 heteroatoms. The Morgan fingerprint density at radius 3 is 2.71 bits per heavy atom. The normalized spacial score (nSPS) is 12.0. The van der Waals surface area contributed by atoms with E-state index in [4.69, 9.17) is 9.15 Å². The molecular weight excluding hydrogens is 266 g/mol. The third kappa shape index (κ3) is 3.66. The van der Waals surface area contributed by atoms with Crippen LogP contribution in [0.5, 0.6) is 5.75 Å². The third-order valence-corrected chi connectivity index (χ3v) is 3.63. The number of hydrogen-bond acceptors (Lipinski definition) is 3. The van der Waals surface area contributed by atoms with E-state index in [1.807, 2.05) is 43.3 Å². The van der Waals surface area contributed by atoms with E-state index in [-0.39, 0.29) is 18.6 Å². The number of rotatable bonds is 6. The molecule has 0 spiro atoms. The number of ether oxygens (including phenoxy) is 1. The van der Waals surface area contributed by atoms with Crippen molar-refractivity contribution in [1.82, 2.24) is 4.90 Å². The molecule has 0 aliphatic carbocycles. The minimum Gasteiger partial charge on any atom is -0.483 e. The second-order valence-electron chi connectivity index (χ2n) is 4.95. The van der Waals surface area contributed by atoms with Crippen molar-refractivity contribution < 1.29 is 13.9 Å². The van der Waals surface area contributed by atoms with Crippen LogP contribution in [0.3, 0.4) is 0 Å². The van der Waals surface area contributed by atoms with Gasteiger partial charge in [0.15, 0.2) is 6.61 Å². The van der Waals surface area contributed by atoms with Gasteiger partial charge in [0.2, 0.25) is 0 Å². The van der Waals surface area contributed by atoms with E-state index in [1.54, 1.807) is 18.2 Å². The Labute approximate surface area is 125 Å². The molecule has 1 amide bonds. The predicted molar refractivity (Wildman–Crippen MR) is 81.2 cm³/mol. The number of carbonyl (C=O) groups excluding carboxylic acids is 1. The standard InChI is InChI=1S/C17H21NO3/c1-4-14-8-5-6-9-16(14)21-12-17(19)18(3)13(2)15-10-7-11-20-15/h5-11,13H,4,12H2,1-3H3. The summed E-state index contributed by atoms with van der Waals surface area (Å²) < 4.78 is 11.0. The first-order valence-electron chi connectivity index (χ1n) is 7.13. The molecule has 0 N–H and O–H groups in total. The SMILES string of the molecule is CCc1ccccc1OCC(=O)N(C)C(C)c1ccco1. The molecule has 1 unspecified atom stereocenters. The Hall–Kier alpha value is -2.23. The lowest BCUT2D eigenvalue weighted by atomic mass is 10.1. The fourth-order valence-electron chi connectivity index (χ4n) is 2.11. The van der Waals surface area contributed by atoms with E-state index in [0.29, 0.717) is 0 Å². The number of aryl methyl sites for hydroxylation is 1. The summed E-state index contributed by atoms with van der Waals surface area (Å²) in [6.45, 7) is 4.02. The van der Waals surface area contributed by atoms with Gasteiger partial charge in [0.05, 0.1) is 12.3 Å². The number of nitrogens with zero attached hydrogens (tertiary/aromatic N) is 1. The molecular formula is C17H21NO3. The van der Waals surface area contributed by atoms with Crippen LogP contribution in [0, 0.1) is 0 Å². The quantitative estimate of drug-likeness (QED) is 0.817. The minimum atomic E-state index is -0.113. The summed E-state index contributed by atoms with van der Waals surface area (Å²) in [6, 6.07) is 11.3. The maximum Gasteiger partial charge on any atom is 0.260 e. The van der Waals surface area contributed by atoms with Gasteiger partial charge in [-0.25, -0.2) is 0 Å². The number of benzene rings is 1. The Balaban J connectivity index is 1.95. The zero-order chi connectivity index (χ0) is 15.2. The molecule has 2 rings (SSSR count). The zero-order valence-electron chi connectivity index (χ0n) is 12.7. The van der Waals surface area contributed by atoms with Gasteiger partial charge in [-0.05, 0) is 37.1 Å². The van der Waals surface area contributed by atoms with Crippen LogP contribution in [0.4, 0.5) is 0 Å². The van der Waals surface area contributed by atoms with Crippen molar-refractivity contribution in [2.75, 3.05) is 13.7 Å². The summed E-state index contributed by atoms with van der Waals surface area (Å²) in [5.74, 6) is 1.46. The van der Waals surface area contributed by atoms with Crippen LogP contribution in [0.1, 0.15) is 31.2 Å². The van der Waals surface area contributed by atoms with Crippen molar-refractivity contribution in [2.24, 2.45) is 0 Å². The third-order valence-electron chi connectivity index (χ3n) is 3.63. The molecule has 4 nitrogen and oxygen atoms in total. The second-order valence-corrected chi connectivity index (χ2v) is 4.95. The average molecular weight is 287 g/mol. The van der Waals surface area contributed by atoms with E-state index in [1.165, 1.54) is 0 Å². The number of amides is 1. The Bertz CT molecular complexity index is 577. The maximum absolute atomic E-state index is 12.2. The first-order valence-corrected chi connectivity index (χ1v) is 7.13. The van der Waals surface area contributed by atoms with Crippen molar-refractivity contribution >= 4 is 5.91 Å². The highest BCUT2D eigenvalue weighted by molar-refractivity contribution is 5.77. The van der Waals surface area contributed by atoms with Crippen molar-refractivity contribution in [2.45, 2.75) is 26.3 Å². The van der Waals surface area contributed by atoms with Crippen molar-refractivity contribution in [1.29, 1.82) is 0 Å². The van der Waals surface area contributed by atoms with Crippen LogP contribution in [0.2, 0.25) is 0 Å². The number of hydrogen-bond donors (Lipinski definition) is 0. The smallest absolute Gasteiger partial charge is 0.260 e. The fourth-order valence-corrected chi connectivity index (χ4v) is 2.11. The van der Waals surface area contributed by atoms with Gasteiger partial charge in [0.25, 0.3) is 5.91 Å². The van der Waals surface area contributed by atoms with Gasteiger partial charge < -0.3 is 14.1 Å². The van der Waals surface area contributed by atoms with Gasteiger partial charge in [0, 0.05) is 7.05 Å². The number of likely N-dealkylation sites (N-methyl/N-ethyl adjacent to an activating group) is 1. The van der Waals surface area contributed by atoms with Gasteiger partial charge in [-0.2, -0.15) is 0 Å². The lowest BCUT2D eigenvalue weighted by molar-refractivity contribution is -0.134. The molecule has 0 bridgehead atoms. The molecule has 0 fully saturated rings. The predicted octanol–water partition coefficient (Wildman–Crippen LogP) is 3.44. The summed E-state index contributed by atoms with van der Waals surface area (Å²) in [5.41, 5.74) is 1.10. The van der Waals surface area contributed by atoms with E-state index >= 15 is 0 Å². The summed E-state index contributed by atoms with van der Waals surface area (Å²) >= 11 is 0. The lowest BCUT2D eigenvalue weighted by Crippen LogP contribution is -2.33. The van der Waals surface area contributed by atoms with Crippen LogP contribution < -0.4 is 4.74 Å². The van der Waals surface area contributed by atoms with Crippen LogP contribution in [-0.2, 0) is 11.2 Å². The van der Waals surface area contributed by atoms with Crippen LogP contribution in [0.25, 0.3) is 0 Å². The molecule has 1 atom stereocenters. The van der Waals surface area contributed by atoms with Gasteiger partial charge in [-0.1, -0.05) is 25.1 Å². The summed E-state index contributed by atoms with van der Waals surface area (Å²) in [6.07, 6.45) is 2.49. The largest absolute Gasteiger partial charge is 0.483 e. The Morgan fingerprint density at radius 1 is 1.29 bits per heavy atom. The summed E-state index contributed by atoms with van der Waals surface area (Å²) in [5, 5.41) is 0. The molecule has 1 heterocycles. The molecule has 0 radical (unpaired) electrons. The van der Waals surface area contributed by atoms with Crippen molar-refractivity contribution in [3.8, 4) is 5.75 Å². The summed E-state index contributed by atoms with van der Waals surface area (Å²) in [7, 11) is 1.75. The molecule has 0 saturated heterocycles. The lowest BCUT2D eigenvalue weighted by Gasteiger charge is -2.23. The molecule has 21 heavy (non-hydrogen) atoms. The molecule has 0 saturated carbocycles. The Morgan fingerprint density at radius 2 is 2.05 bits per heavy atom. The first kappa shape index (κ1) is 15.2. The molecule has 1 aromatic carbocycles. The number of furan rings is 1. The number of para-hydroxylation sites is 1. The Kier molecular flexibility index (Phi) is 5.04. The zero-order valence-corrected chi connectivity index (χ0v) is 12.7. The second kappa shape index (κ2) is 6.97. The van der Waals surface area contributed by atoms with Crippen LogP contribution in [0.15, 0.2) is 47.1 Å². The first-order chi connectivity index (χ1) is 10.1. The van der Waals surface area contributed by atoms with E-state index in [9.17, 15) is 4.79 Å². The van der Waals surface area contributed by atoms with Crippen LogP contribution in [-0.4, -0.2) is 24.5 Å². The molecule has 1 aromatic heterocycles. The van der Waals surface area contributed by atoms with E-state index in [0.717, 1.165) is 23.5 Å². The van der Waals surface area contributed by atoms with Gasteiger partial charge in [-0.3, -0.25) is 4.79 Å². The number of carbonyl (C=O) groups is 1. The van der Waals surface area contributed by atoms with Crippen LogP contribution >= 0.6 is 0 Å². The minimum absolute atomic E-state index is 0.0264. The molecule has 0 aliphatic heterocycles. The van der Waals surface area contributed by atoms with E-state index in [2.05, 4.69) is 6.92 Å². The van der Waals surface area contributed by atoms with Gasteiger partial charge >= 0.3 is 0 Å². The van der Waals surface area contributed by atoms with Crippen molar-refractivity contribution in [3.63, 3.8) is 0 Å².